The summed E-state index contributed by atoms with van der Waals surface area (Å²) in [5, 5.41) is 2.45. The van der Waals surface area contributed by atoms with Gasteiger partial charge in [-0.25, -0.2) is 14.6 Å². The Balaban J connectivity index is 2.53. The quantitative estimate of drug-likeness (QED) is 0.796. The van der Waals surface area contributed by atoms with Gasteiger partial charge >= 0.3 is 11.9 Å². The molecule has 0 amide bonds. The van der Waals surface area contributed by atoms with Gasteiger partial charge in [-0.1, -0.05) is 0 Å². The van der Waals surface area contributed by atoms with Crippen molar-refractivity contribution in [1.82, 2.24) is 9.97 Å². The lowest BCUT2D eigenvalue weighted by Crippen LogP contribution is -2.12. The average Bonchev–Trinajstić information content (AvgIpc) is 2.99. The van der Waals surface area contributed by atoms with Crippen LogP contribution >= 0.6 is 11.3 Å². The zero-order valence-electron chi connectivity index (χ0n) is 10.2. The Morgan fingerprint density at radius 2 is 1.79 bits per heavy atom. The number of methoxy groups -OCH3 is 2. The topological polar surface area (TPSA) is 78.4 Å². The molecule has 0 N–H and O–H groups in total. The Morgan fingerprint density at radius 1 is 1.11 bits per heavy atom. The smallest absolute Gasteiger partial charge is 0.340 e. The molecule has 6 nitrogen and oxygen atoms in total. The molecular weight excluding hydrogens is 268 g/mol. The maximum absolute atomic E-state index is 11.7. The first-order valence-corrected chi connectivity index (χ1v) is 6.12. The van der Waals surface area contributed by atoms with E-state index in [1.165, 1.54) is 37.8 Å². The highest BCUT2D eigenvalue weighted by Crippen LogP contribution is 2.22. The summed E-state index contributed by atoms with van der Waals surface area (Å²) in [6.07, 6.45) is 2.92. The molecule has 2 aromatic heterocycles. The van der Waals surface area contributed by atoms with Crippen LogP contribution in [0.15, 0.2) is 23.8 Å². The third kappa shape index (κ3) is 2.60. The zero-order valence-corrected chi connectivity index (χ0v) is 11.1. The maximum atomic E-state index is 11.7. The van der Waals surface area contributed by atoms with Crippen molar-refractivity contribution in [2.24, 2.45) is 0 Å². The molecule has 0 radical (unpaired) electrons. The van der Waals surface area contributed by atoms with Crippen LogP contribution in [0.1, 0.15) is 20.7 Å². The van der Waals surface area contributed by atoms with Crippen LogP contribution in [-0.2, 0) is 9.47 Å². The molecular formula is C12H10N2O4S. The van der Waals surface area contributed by atoms with Crippen molar-refractivity contribution in [2.45, 2.75) is 0 Å². The monoisotopic (exact) mass is 278 g/mol. The highest BCUT2D eigenvalue weighted by molar-refractivity contribution is 7.13. The van der Waals surface area contributed by atoms with Crippen LogP contribution in [0, 0.1) is 0 Å². The molecule has 98 valence electrons. The van der Waals surface area contributed by atoms with Crippen LogP contribution in [0.3, 0.4) is 0 Å². The average molecular weight is 278 g/mol. The first-order valence-electron chi connectivity index (χ1n) is 5.24. The van der Waals surface area contributed by atoms with E-state index in [9.17, 15) is 9.59 Å². The largest absolute Gasteiger partial charge is 0.465 e. The molecule has 0 aliphatic carbocycles. The summed E-state index contributed by atoms with van der Waals surface area (Å²) in [7, 11) is 2.48. The van der Waals surface area contributed by atoms with Crippen LogP contribution < -0.4 is 0 Å². The molecule has 0 bridgehead atoms. The van der Waals surface area contributed by atoms with Gasteiger partial charge in [0.2, 0.25) is 0 Å². The summed E-state index contributed by atoms with van der Waals surface area (Å²) in [6.45, 7) is 0. The fraction of sp³-hybridized carbons (Fsp3) is 0.167. The lowest BCUT2D eigenvalue weighted by atomic mass is 10.1. The molecule has 19 heavy (non-hydrogen) atoms. The van der Waals surface area contributed by atoms with Gasteiger partial charge in [0.1, 0.15) is 5.01 Å². The van der Waals surface area contributed by atoms with E-state index in [0.717, 1.165) is 0 Å². The van der Waals surface area contributed by atoms with Crippen molar-refractivity contribution in [1.29, 1.82) is 0 Å². The van der Waals surface area contributed by atoms with E-state index >= 15 is 0 Å². The Kier molecular flexibility index (Phi) is 3.86. The number of carbonyl (C=O) groups is 2. The molecule has 2 aromatic rings. The molecule has 0 saturated heterocycles. The van der Waals surface area contributed by atoms with Gasteiger partial charge in [0.05, 0.1) is 31.0 Å². The highest BCUT2D eigenvalue weighted by atomic mass is 32.1. The summed E-state index contributed by atoms with van der Waals surface area (Å²) in [4.78, 5) is 31.5. The fourth-order valence-corrected chi connectivity index (χ4v) is 2.08. The van der Waals surface area contributed by atoms with Gasteiger partial charge in [-0.3, -0.25) is 4.98 Å². The van der Waals surface area contributed by atoms with E-state index in [4.69, 9.17) is 0 Å². The van der Waals surface area contributed by atoms with E-state index in [0.29, 0.717) is 10.7 Å². The fourth-order valence-electron chi connectivity index (χ4n) is 1.47. The third-order valence-corrected chi connectivity index (χ3v) is 3.16. The lowest BCUT2D eigenvalue weighted by molar-refractivity contribution is 0.0555. The highest BCUT2D eigenvalue weighted by Gasteiger charge is 2.20. The summed E-state index contributed by atoms with van der Waals surface area (Å²) < 4.78 is 9.25. The Hall–Kier alpha value is -2.28. The first-order chi connectivity index (χ1) is 9.17. The normalized spacial score (nSPS) is 10.0. The van der Waals surface area contributed by atoms with Crippen molar-refractivity contribution in [2.75, 3.05) is 14.2 Å². The molecule has 2 rings (SSSR count). The predicted octanol–water partition coefficient (Wildman–Crippen LogP) is 1.78. The molecule has 0 saturated carbocycles. The SMILES string of the molecule is COC(=O)c1cnc(-c2nccs2)cc1C(=O)OC. The number of hydrogen-bond acceptors (Lipinski definition) is 7. The molecule has 0 spiro atoms. The summed E-state index contributed by atoms with van der Waals surface area (Å²) >= 11 is 1.38. The minimum absolute atomic E-state index is 0.0645. The van der Waals surface area contributed by atoms with Gasteiger partial charge in [0.15, 0.2) is 0 Å². The molecule has 0 unspecified atom stereocenters. The number of thiazole rings is 1. The minimum atomic E-state index is -0.640. The predicted molar refractivity (Wildman–Crippen MR) is 68.0 cm³/mol. The number of rotatable bonds is 3. The molecule has 0 atom stereocenters. The third-order valence-electron chi connectivity index (χ3n) is 2.37. The molecule has 2 heterocycles. The zero-order chi connectivity index (χ0) is 13.8. The van der Waals surface area contributed by atoms with Crippen molar-refractivity contribution >= 4 is 23.3 Å². The van der Waals surface area contributed by atoms with Crippen LogP contribution in [0.5, 0.6) is 0 Å². The maximum Gasteiger partial charge on any atom is 0.340 e. The summed E-state index contributed by atoms with van der Waals surface area (Å²) in [6, 6.07) is 1.47. The van der Waals surface area contributed by atoms with Gasteiger partial charge in [0.25, 0.3) is 0 Å². The van der Waals surface area contributed by atoms with Gasteiger partial charge in [0, 0.05) is 17.8 Å². The van der Waals surface area contributed by atoms with Crippen LogP contribution in [0.4, 0.5) is 0 Å². The summed E-state index contributed by atoms with van der Waals surface area (Å²) in [5.41, 5.74) is 0.673. The van der Waals surface area contributed by atoms with E-state index in [1.54, 1.807) is 11.6 Å². The number of pyridine rings is 1. The van der Waals surface area contributed by atoms with E-state index in [2.05, 4.69) is 19.4 Å². The molecule has 7 heteroatoms. The minimum Gasteiger partial charge on any atom is -0.465 e. The van der Waals surface area contributed by atoms with Crippen molar-refractivity contribution in [3.8, 4) is 10.7 Å². The van der Waals surface area contributed by atoms with Gasteiger partial charge < -0.3 is 9.47 Å². The Labute approximate surface area is 113 Å². The number of aromatic nitrogens is 2. The van der Waals surface area contributed by atoms with Crippen molar-refractivity contribution in [3.05, 3.63) is 35.0 Å². The van der Waals surface area contributed by atoms with E-state index in [-0.39, 0.29) is 11.1 Å². The molecule has 0 aromatic carbocycles. The second-order valence-corrected chi connectivity index (χ2v) is 4.33. The number of hydrogen-bond donors (Lipinski definition) is 0. The van der Waals surface area contributed by atoms with E-state index in [1.807, 2.05) is 0 Å². The Morgan fingerprint density at radius 3 is 2.37 bits per heavy atom. The molecule has 0 aliphatic heterocycles. The number of carbonyl (C=O) groups excluding carboxylic acids is 2. The van der Waals surface area contributed by atoms with Gasteiger partial charge in [-0.15, -0.1) is 11.3 Å². The molecule has 0 fully saturated rings. The molecule has 0 aliphatic rings. The number of ether oxygens (including phenoxy) is 2. The second-order valence-electron chi connectivity index (χ2n) is 3.44. The number of nitrogens with zero attached hydrogens (tertiary/aromatic N) is 2. The second kappa shape index (κ2) is 5.57. The van der Waals surface area contributed by atoms with Crippen LogP contribution in [-0.4, -0.2) is 36.1 Å². The van der Waals surface area contributed by atoms with Crippen molar-refractivity contribution in [3.63, 3.8) is 0 Å². The first kappa shape index (κ1) is 13.2. The lowest BCUT2D eigenvalue weighted by Gasteiger charge is -2.07. The van der Waals surface area contributed by atoms with Gasteiger partial charge in [-0.2, -0.15) is 0 Å². The Bertz CT molecular complexity index is 610. The summed E-state index contributed by atoms with van der Waals surface area (Å²) in [5.74, 6) is -1.26. The van der Waals surface area contributed by atoms with Crippen molar-refractivity contribution < 1.29 is 19.1 Å². The van der Waals surface area contributed by atoms with E-state index < -0.39 is 11.9 Å². The van der Waals surface area contributed by atoms with Crippen LogP contribution in [0.2, 0.25) is 0 Å². The standard InChI is InChI=1S/C12H10N2O4S/c1-17-11(15)7-5-9(10-13-3-4-19-10)14-6-8(7)12(16)18-2/h3-6H,1-2H3. The van der Waals surface area contributed by atoms with Gasteiger partial charge in [-0.05, 0) is 6.07 Å². The van der Waals surface area contributed by atoms with Crippen LogP contribution in [0.25, 0.3) is 10.7 Å². The number of esters is 2.